The van der Waals surface area contributed by atoms with E-state index in [1.165, 1.54) is 0 Å². The van der Waals surface area contributed by atoms with Crippen LogP contribution in [0.15, 0.2) is 70.0 Å². The highest BCUT2D eigenvalue weighted by Crippen LogP contribution is 2.19. The molecular formula is C20H17N3O3. The molecule has 0 aliphatic rings. The average Bonchev–Trinajstić information content (AvgIpc) is 3.04. The molecule has 0 aliphatic carbocycles. The van der Waals surface area contributed by atoms with E-state index in [4.69, 9.17) is 4.42 Å². The SMILES string of the molecule is O=C(NCCc1cc2ccccc2o1)Nc1ccc2c(=O)[nH]ccc2c1. The van der Waals surface area contributed by atoms with Crippen molar-refractivity contribution < 1.29 is 9.21 Å². The largest absolute Gasteiger partial charge is 0.461 e. The molecule has 2 aromatic carbocycles. The van der Waals surface area contributed by atoms with Gasteiger partial charge in [0, 0.05) is 35.6 Å². The summed E-state index contributed by atoms with van der Waals surface area (Å²) in [5.74, 6) is 0.830. The molecule has 0 bridgehead atoms. The number of nitrogens with one attached hydrogen (secondary N) is 3. The first-order chi connectivity index (χ1) is 12.7. The van der Waals surface area contributed by atoms with Crippen molar-refractivity contribution in [2.45, 2.75) is 6.42 Å². The Balaban J connectivity index is 1.35. The van der Waals surface area contributed by atoms with E-state index in [2.05, 4.69) is 15.6 Å². The van der Waals surface area contributed by atoms with Crippen LogP contribution in [0.1, 0.15) is 5.76 Å². The number of carbonyl (C=O) groups excluding carboxylic acids is 1. The summed E-state index contributed by atoms with van der Waals surface area (Å²) in [6, 6.07) is 16.4. The Labute approximate surface area is 148 Å². The fourth-order valence-electron chi connectivity index (χ4n) is 2.90. The molecule has 0 saturated carbocycles. The molecule has 0 spiro atoms. The number of aromatic nitrogens is 1. The molecule has 2 amide bonds. The Bertz CT molecular complexity index is 1110. The Morgan fingerprint density at radius 2 is 1.92 bits per heavy atom. The number of pyridine rings is 1. The van der Waals surface area contributed by atoms with Crippen LogP contribution < -0.4 is 16.2 Å². The number of H-pyrrole nitrogens is 1. The first-order valence-electron chi connectivity index (χ1n) is 8.33. The van der Waals surface area contributed by atoms with Crippen molar-refractivity contribution in [3.63, 3.8) is 0 Å². The van der Waals surface area contributed by atoms with E-state index in [0.29, 0.717) is 24.0 Å². The number of amides is 2. The second-order valence-corrected chi connectivity index (χ2v) is 5.99. The number of fused-ring (bicyclic) bond motifs is 2. The Morgan fingerprint density at radius 1 is 1.04 bits per heavy atom. The van der Waals surface area contributed by atoms with Gasteiger partial charge in [0.15, 0.2) is 0 Å². The molecule has 4 aromatic rings. The number of rotatable bonds is 4. The van der Waals surface area contributed by atoms with Gasteiger partial charge in [-0.25, -0.2) is 4.79 Å². The van der Waals surface area contributed by atoms with Crippen LogP contribution in [-0.4, -0.2) is 17.6 Å². The lowest BCUT2D eigenvalue weighted by Gasteiger charge is -2.07. The summed E-state index contributed by atoms with van der Waals surface area (Å²) in [5.41, 5.74) is 1.33. The fourth-order valence-corrected chi connectivity index (χ4v) is 2.90. The summed E-state index contributed by atoms with van der Waals surface area (Å²) in [6.45, 7) is 0.457. The third kappa shape index (κ3) is 3.30. The van der Waals surface area contributed by atoms with Crippen LogP contribution in [0.4, 0.5) is 10.5 Å². The van der Waals surface area contributed by atoms with Gasteiger partial charge in [-0.05, 0) is 41.8 Å². The van der Waals surface area contributed by atoms with Crippen molar-refractivity contribution >= 4 is 33.5 Å². The van der Waals surface area contributed by atoms with Gasteiger partial charge >= 0.3 is 6.03 Å². The van der Waals surface area contributed by atoms with E-state index in [1.807, 2.05) is 30.3 Å². The highest BCUT2D eigenvalue weighted by atomic mass is 16.3. The summed E-state index contributed by atoms with van der Waals surface area (Å²) < 4.78 is 5.72. The van der Waals surface area contributed by atoms with E-state index in [1.54, 1.807) is 30.5 Å². The second kappa shape index (κ2) is 6.76. The van der Waals surface area contributed by atoms with E-state index in [0.717, 1.165) is 22.1 Å². The van der Waals surface area contributed by atoms with Crippen LogP contribution >= 0.6 is 0 Å². The molecule has 0 aliphatic heterocycles. The zero-order chi connectivity index (χ0) is 17.9. The van der Waals surface area contributed by atoms with E-state index < -0.39 is 0 Å². The molecule has 6 nitrogen and oxygen atoms in total. The van der Waals surface area contributed by atoms with Gasteiger partial charge in [0.1, 0.15) is 11.3 Å². The van der Waals surface area contributed by atoms with Crippen LogP contribution in [0.5, 0.6) is 0 Å². The average molecular weight is 347 g/mol. The van der Waals surface area contributed by atoms with E-state index in [-0.39, 0.29) is 11.6 Å². The van der Waals surface area contributed by atoms with Gasteiger partial charge < -0.3 is 20.0 Å². The highest BCUT2D eigenvalue weighted by Gasteiger charge is 2.06. The Kier molecular flexibility index (Phi) is 4.15. The van der Waals surface area contributed by atoms with Crippen molar-refractivity contribution in [3.05, 3.63) is 76.9 Å². The number of urea groups is 1. The highest BCUT2D eigenvalue weighted by molar-refractivity contribution is 5.93. The predicted octanol–water partition coefficient (Wildman–Crippen LogP) is 3.64. The van der Waals surface area contributed by atoms with Crippen LogP contribution in [0, 0.1) is 0 Å². The lowest BCUT2D eigenvalue weighted by atomic mass is 10.1. The number of carbonyl (C=O) groups is 1. The molecule has 0 unspecified atom stereocenters. The Hall–Kier alpha value is -3.54. The van der Waals surface area contributed by atoms with Crippen molar-refractivity contribution in [3.8, 4) is 0 Å². The predicted molar refractivity (Wildman–Crippen MR) is 102 cm³/mol. The number of furan rings is 1. The third-order valence-electron chi connectivity index (χ3n) is 4.16. The van der Waals surface area contributed by atoms with Gasteiger partial charge in [-0.3, -0.25) is 4.79 Å². The molecule has 4 rings (SSSR count). The van der Waals surface area contributed by atoms with Gasteiger partial charge in [-0.15, -0.1) is 0 Å². The molecular weight excluding hydrogens is 330 g/mol. The second-order valence-electron chi connectivity index (χ2n) is 5.99. The molecule has 0 radical (unpaired) electrons. The van der Waals surface area contributed by atoms with E-state index >= 15 is 0 Å². The Morgan fingerprint density at radius 3 is 2.81 bits per heavy atom. The minimum absolute atomic E-state index is 0.149. The van der Waals surface area contributed by atoms with Gasteiger partial charge in [-0.2, -0.15) is 0 Å². The maximum Gasteiger partial charge on any atom is 0.319 e. The molecule has 26 heavy (non-hydrogen) atoms. The molecule has 2 heterocycles. The van der Waals surface area contributed by atoms with Gasteiger partial charge in [0.05, 0.1) is 0 Å². The zero-order valence-corrected chi connectivity index (χ0v) is 13.9. The minimum atomic E-state index is -0.301. The molecule has 130 valence electrons. The van der Waals surface area contributed by atoms with Gasteiger partial charge in [-0.1, -0.05) is 18.2 Å². The smallest absolute Gasteiger partial charge is 0.319 e. The molecule has 0 saturated heterocycles. The van der Waals surface area contributed by atoms with Gasteiger partial charge in [0.25, 0.3) is 5.56 Å². The molecule has 0 fully saturated rings. The fraction of sp³-hybridized carbons (Fsp3) is 0.100. The zero-order valence-electron chi connectivity index (χ0n) is 13.9. The molecule has 6 heteroatoms. The maximum atomic E-state index is 12.1. The summed E-state index contributed by atoms with van der Waals surface area (Å²) in [4.78, 5) is 26.4. The summed E-state index contributed by atoms with van der Waals surface area (Å²) in [7, 11) is 0. The summed E-state index contributed by atoms with van der Waals surface area (Å²) >= 11 is 0. The van der Waals surface area contributed by atoms with E-state index in [9.17, 15) is 9.59 Å². The minimum Gasteiger partial charge on any atom is -0.461 e. The number of anilines is 1. The number of benzene rings is 2. The molecule has 3 N–H and O–H groups in total. The summed E-state index contributed by atoms with van der Waals surface area (Å²) in [6.07, 6.45) is 2.19. The maximum absolute atomic E-state index is 12.1. The number of para-hydroxylation sites is 1. The third-order valence-corrected chi connectivity index (χ3v) is 4.16. The van der Waals surface area contributed by atoms with Crippen molar-refractivity contribution in [1.82, 2.24) is 10.3 Å². The van der Waals surface area contributed by atoms with Crippen LogP contribution in [0.2, 0.25) is 0 Å². The molecule has 2 aromatic heterocycles. The number of hydrogen-bond acceptors (Lipinski definition) is 3. The normalized spacial score (nSPS) is 10.9. The standard InChI is InChI=1S/C20H17N3O3/c24-19-17-6-5-15(11-13(17)7-9-21-19)23-20(25)22-10-8-16-12-14-3-1-2-4-18(14)26-16/h1-7,9,11-12H,8,10H2,(H,21,24)(H2,22,23,25). The monoisotopic (exact) mass is 347 g/mol. The van der Waals surface area contributed by atoms with Crippen molar-refractivity contribution in [1.29, 1.82) is 0 Å². The first-order valence-corrected chi connectivity index (χ1v) is 8.33. The lowest BCUT2D eigenvalue weighted by Crippen LogP contribution is -2.30. The van der Waals surface area contributed by atoms with Crippen LogP contribution in [0.3, 0.4) is 0 Å². The van der Waals surface area contributed by atoms with Crippen molar-refractivity contribution in [2.24, 2.45) is 0 Å². The number of aromatic amines is 1. The quantitative estimate of drug-likeness (QED) is 0.527. The van der Waals surface area contributed by atoms with Crippen LogP contribution in [-0.2, 0) is 6.42 Å². The van der Waals surface area contributed by atoms with Crippen LogP contribution in [0.25, 0.3) is 21.7 Å². The topological polar surface area (TPSA) is 87.1 Å². The lowest BCUT2D eigenvalue weighted by molar-refractivity contribution is 0.252. The molecule has 0 atom stereocenters. The summed E-state index contributed by atoms with van der Waals surface area (Å²) in [5, 5.41) is 7.99. The number of hydrogen-bond donors (Lipinski definition) is 3. The van der Waals surface area contributed by atoms with Gasteiger partial charge in [0.2, 0.25) is 0 Å². The van der Waals surface area contributed by atoms with Crippen molar-refractivity contribution in [2.75, 3.05) is 11.9 Å². The first kappa shape index (κ1) is 16.0.